The summed E-state index contributed by atoms with van der Waals surface area (Å²) in [5.74, 6) is 0.160. The van der Waals surface area contributed by atoms with Gasteiger partial charge in [-0.25, -0.2) is 0 Å². The van der Waals surface area contributed by atoms with Crippen molar-refractivity contribution in [2.45, 2.75) is 104 Å². The molecule has 2 atom stereocenters. The minimum Gasteiger partial charge on any atom is -0.379 e. The van der Waals surface area contributed by atoms with Crippen LogP contribution in [-0.2, 0) is 23.7 Å². The molecule has 6 heteroatoms. The van der Waals surface area contributed by atoms with E-state index in [1.807, 2.05) is 6.92 Å². The van der Waals surface area contributed by atoms with Crippen molar-refractivity contribution in [3.8, 4) is 0 Å². The van der Waals surface area contributed by atoms with Crippen LogP contribution in [0.15, 0.2) is 0 Å². The van der Waals surface area contributed by atoms with Gasteiger partial charge in [0.1, 0.15) is 0 Å². The van der Waals surface area contributed by atoms with Crippen LogP contribution < -0.4 is 5.32 Å². The first kappa shape index (κ1) is 29.3. The minimum absolute atomic E-state index is 0. The third-order valence-electron chi connectivity index (χ3n) is 5.12. The van der Waals surface area contributed by atoms with Crippen molar-refractivity contribution in [3.05, 3.63) is 0 Å². The van der Waals surface area contributed by atoms with E-state index < -0.39 is 0 Å². The summed E-state index contributed by atoms with van der Waals surface area (Å²) in [5.41, 5.74) is 0. The van der Waals surface area contributed by atoms with E-state index in [4.69, 9.17) is 18.9 Å². The van der Waals surface area contributed by atoms with Crippen LogP contribution in [0.3, 0.4) is 0 Å². The van der Waals surface area contributed by atoms with Crippen LogP contribution in [-0.4, -0.2) is 64.3 Å². The van der Waals surface area contributed by atoms with Gasteiger partial charge in [-0.15, -0.1) is 0 Å². The Labute approximate surface area is 187 Å². The molecule has 182 valence electrons. The number of hydrogen-bond acceptors (Lipinski definition) is 5. The molecule has 1 amide bonds. The average Bonchev–Trinajstić information content (AvgIpc) is 2.74. The number of ether oxygens (including phenoxy) is 4. The van der Waals surface area contributed by atoms with Gasteiger partial charge < -0.3 is 24.3 Å². The van der Waals surface area contributed by atoms with E-state index in [-0.39, 0.29) is 13.4 Å². The summed E-state index contributed by atoms with van der Waals surface area (Å²) >= 11 is 0. The third kappa shape index (κ3) is 22.0. The van der Waals surface area contributed by atoms with Gasteiger partial charge in [-0.05, 0) is 52.4 Å². The molecule has 6 nitrogen and oxygen atoms in total. The van der Waals surface area contributed by atoms with Gasteiger partial charge in [-0.1, -0.05) is 33.1 Å². The van der Waals surface area contributed by atoms with Crippen LogP contribution in [0.4, 0.5) is 0 Å². The molecule has 0 bridgehead atoms. The monoisotopic (exact) mass is 433 g/mol. The lowest BCUT2D eigenvalue weighted by molar-refractivity contribution is -0.121. The molecule has 0 heterocycles. The van der Waals surface area contributed by atoms with Crippen LogP contribution in [0.1, 0.15) is 93.3 Å². The van der Waals surface area contributed by atoms with Gasteiger partial charge in [0.25, 0.3) is 0 Å². The SMILES string of the molecule is CCC(C)NC(=O)CCCCCOCCOCCOCCCCCCOC(C)CC.[HH]. The molecule has 0 spiro atoms. The Balaban J connectivity index is 0. The average molecular weight is 434 g/mol. The maximum Gasteiger partial charge on any atom is 0.220 e. The lowest BCUT2D eigenvalue weighted by Crippen LogP contribution is -2.31. The molecule has 0 aromatic rings. The van der Waals surface area contributed by atoms with Gasteiger partial charge in [-0.3, -0.25) is 4.79 Å². The fraction of sp³-hybridized carbons (Fsp3) is 0.958. The first-order valence-electron chi connectivity index (χ1n) is 12.2. The Kier molecular flexibility index (Phi) is 22.5. The van der Waals surface area contributed by atoms with E-state index in [9.17, 15) is 4.79 Å². The Morgan fingerprint density at radius 2 is 1.20 bits per heavy atom. The molecule has 0 aromatic carbocycles. The highest BCUT2D eigenvalue weighted by Gasteiger charge is 2.04. The van der Waals surface area contributed by atoms with E-state index in [2.05, 4.69) is 26.1 Å². The lowest BCUT2D eigenvalue weighted by Gasteiger charge is -2.11. The summed E-state index contributed by atoms with van der Waals surface area (Å²) in [6.07, 6.45) is 10.6. The van der Waals surface area contributed by atoms with Crippen molar-refractivity contribution in [1.82, 2.24) is 5.32 Å². The van der Waals surface area contributed by atoms with E-state index in [0.29, 0.717) is 39.0 Å². The van der Waals surface area contributed by atoms with E-state index in [1.54, 1.807) is 0 Å². The van der Waals surface area contributed by atoms with Crippen molar-refractivity contribution in [3.63, 3.8) is 0 Å². The van der Waals surface area contributed by atoms with E-state index in [0.717, 1.165) is 64.8 Å². The van der Waals surface area contributed by atoms with Gasteiger partial charge in [0.05, 0.1) is 32.5 Å². The summed E-state index contributed by atoms with van der Waals surface area (Å²) in [4.78, 5) is 11.6. The molecule has 0 saturated carbocycles. The molecule has 0 aromatic heterocycles. The van der Waals surface area contributed by atoms with Crippen molar-refractivity contribution < 1.29 is 25.2 Å². The fourth-order valence-corrected chi connectivity index (χ4v) is 2.72. The van der Waals surface area contributed by atoms with Crippen LogP contribution >= 0.6 is 0 Å². The smallest absolute Gasteiger partial charge is 0.220 e. The maximum absolute atomic E-state index is 11.6. The normalized spacial score (nSPS) is 13.3. The van der Waals surface area contributed by atoms with Crippen LogP contribution in [0, 0.1) is 0 Å². The molecule has 0 rings (SSSR count). The first-order chi connectivity index (χ1) is 14.6. The molecular weight excluding hydrogens is 382 g/mol. The Hall–Kier alpha value is -0.690. The Morgan fingerprint density at radius 3 is 1.73 bits per heavy atom. The molecule has 0 fully saturated rings. The molecule has 0 aliphatic heterocycles. The maximum atomic E-state index is 11.6. The third-order valence-corrected chi connectivity index (χ3v) is 5.12. The Bertz CT molecular complexity index is 374. The molecule has 0 aliphatic rings. The molecule has 1 N–H and O–H groups in total. The van der Waals surface area contributed by atoms with Gasteiger partial charge in [0.2, 0.25) is 5.91 Å². The largest absolute Gasteiger partial charge is 0.379 e. The summed E-state index contributed by atoms with van der Waals surface area (Å²) < 4.78 is 22.3. The van der Waals surface area contributed by atoms with Crippen LogP contribution in [0.25, 0.3) is 0 Å². The van der Waals surface area contributed by atoms with Crippen molar-refractivity contribution >= 4 is 5.91 Å². The molecule has 30 heavy (non-hydrogen) atoms. The van der Waals surface area contributed by atoms with Gasteiger partial charge in [-0.2, -0.15) is 0 Å². The first-order valence-corrected chi connectivity index (χ1v) is 12.2. The number of carbonyl (C=O) groups is 1. The summed E-state index contributed by atoms with van der Waals surface area (Å²) in [6, 6.07) is 0.274. The van der Waals surface area contributed by atoms with Gasteiger partial charge in [0, 0.05) is 33.7 Å². The fourth-order valence-electron chi connectivity index (χ4n) is 2.72. The number of carbonyl (C=O) groups excluding carboxylic acids is 1. The molecule has 2 unspecified atom stereocenters. The van der Waals surface area contributed by atoms with Crippen molar-refractivity contribution in [2.24, 2.45) is 0 Å². The van der Waals surface area contributed by atoms with Crippen molar-refractivity contribution in [2.75, 3.05) is 46.2 Å². The molecule has 0 aliphatic carbocycles. The van der Waals surface area contributed by atoms with Crippen LogP contribution in [0.5, 0.6) is 0 Å². The number of unbranched alkanes of at least 4 members (excludes halogenated alkanes) is 5. The van der Waals surface area contributed by atoms with Gasteiger partial charge in [0.15, 0.2) is 0 Å². The number of nitrogens with one attached hydrogen (secondary N) is 1. The quantitative estimate of drug-likeness (QED) is 0.226. The van der Waals surface area contributed by atoms with E-state index in [1.165, 1.54) is 12.8 Å². The number of hydrogen-bond donors (Lipinski definition) is 1. The second-order valence-electron chi connectivity index (χ2n) is 8.03. The zero-order valence-corrected chi connectivity index (χ0v) is 20.2. The summed E-state index contributed by atoms with van der Waals surface area (Å²) in [7, 11) is 0. The van der Waals surface area contributed by atoms with Gasteiger partial charge >= 0.3 is 0 Å². The van der Waals surface area contributed by atoms with Crippen molar-refractivity contribution in [1.29, 1.82) is 0 Å². The highest BCUT2D eigenvalue weighted by atomic mass is 16.5. The Morgan fingerprint density at radius 1 is 0.700 bits per heavy atom. The molecular formula is C24H51NO5. The second-order valence-corrected chi connectivity index (χ2v) is 8.03. The highest BCUT2D eigenvalue weighted by molar-refractivity contribution is 5.76. The minimum atomic E-state index is 0. The lowest BCUT2D eigenvalue weighted by atomic mass is 10.2. The molecule has 0 saturated heterocycles. The van der Waals surface area contributed by atoms with Crippen LogP contribution in [0.2, 0.25) is 0 Å². The summed E-state index contributed by atoms with van der Waals surface area (Å²) in [6.45, 7) is 13.3. The zero-order valence-electron chi connectivity index (χ0n) is 20.2. The number of rotatable bonds is 23. The summed E-state index contributed by atoms with van der Waals surface area (Å²) in [5, 5.41) is 2.99. The predicted octanol–water partition coefficient (Wildman–Crippen LogP) is 5.13. The predicted molar refractivity (Wildman–Crippen MR) is 125 cm³/mol. The zero-order chi connectivity index (χ0) is 22.3. The second kappa shape index (κ2) is 23.0. The number of amides is 1. The molecule has 0 radical (unpaired) electrons. The highest BCUT2D eigenvalue weighted by Crippen LogP contribution is 2.04. The standard InChI is InChI=1S/C24H49NO5.H2/c1-5-22(3)25-24(26)14-10-9-12-16-28-19-21-29-20-18-27-15-11-7-8-13-17-30-23(4)6-2;/h22-23H,5-21H2,1-4H3,(H,25,26);1H. The topological polar surface area (TPSA) is 66.0 Å². The van der Waals surface area contributed by atoms with E-state index >= 15 is 0 Å².